The van der Waals surface area contributed by atoms with Gasteiger partial charge in [-0.2, -0.15) is 0 Å². The predicted molar refractivity (Wildman–Crippen MR) is 130 cm³/mol. The third-order valence-electron chi connectivity index (χ3n) is 5.90. The molecule has 0 saturated carbocycles. The molecule has 4 nitrogen and oxygen atoms in total. The molecule has 2 N–H and O–H groups in total. The molecule has 0 aliphatic heterocycles. The van der Waals surface area contributed by atoms with Gasteiger partial charge in [0.1, 0.15) is 0 Å². The first-order chi connectivity index (χ1) is 14.5. The lowest BCUT2D eigenvalue weighted by Gasteiger charge is -2.38. The summed E-state index contributed by atoms with van der Waals surface area (Å²) < 4.78 is 5.78. The van der Waals surface area contributed by atoms with E-state index in [2.05, 4.69) is 67.3 Å². The first-order valence-electron chi connectivity index (χ1n) is 10.6. The molecule has 0 radical (unpaired) electrons. The minimum atomic E-state index is -1.14. The Morgan fingerprint density at radius 2 is 1.03 bits per heavy atom. The quantitative estimate of drug-likeness (QED) is 0.530. The molecule has 0 spiro atoms. The molecule has 3 aromatic carbocycles. The van der Waals surface area contributed by atoms with Crippen LogP contribution in [0, 0.1) is 13.8 Å². The summed E-state index contributed by atoms with van der Waals surface area (Å²) in [6, 6.07) is 24.5. The molecule has 0 amide bonds. The molecule has 3 aromatic rings. The zero-order chi connectivity index (χ0) is 22.8. The molecule has 162 valence electrons. The minimum Gasteiger partial charge on any atom is -0.423 e. The van der Waals surface area contributed by atoms with Gasteiger partial charge in [0, 0.05) is 17.1 Å². The molecule has 0 fully saturated rings. The standard InChI is InChI=1S/C26H32BNO3/c1-19-7-13-22(14-8-19)28(23-15-9-20(2)10-16-23)24-17-11-21(12-18-24)27(30)31-26(5,6)25(3,4)29/h7-18,29-30H,1-6H3. The molecule has 0 unspecified atom stereocenters. The number of benzene rings is 3. The van der Waals surface area contributed by atoms with E-state index in [0.29, 0.717) is 5.46 Å². The SMILES string of the molecule is Cc1ccc(N(c2ccc(C)cc2)c2ccc(B(O)OC(C)(C)C(C)(C)O)cc2)cc1. The first kappa shape index (κ1) is 23.1. The Balaban J connectivity index is 1.92. The van der Waals surface area contributed by atoms with Crippen molar-refractivity contribution in [2.24, 2.45) is 0 Å². The van der Waals surface area contributed by atoms with Crippen LogP contribution in [0.3, 0.4) is 0 Å². The van der Waals surface area contributed by atoms with Crippen molar-refractivity contribution >= 4 is 29.6 Å². The van der Waals surface area contributed by atoms with E-state index in [1.165, 1.54) is 11.1 Å². The molecular formula is C26H32BNO3. The fourth-order valence-corrected chi connectivity index (χ4v) is 3.11. The Morgan fingerprint density at radius 1 is 0.677 bits per heavy atom. The van der Waals surface area contributed by atoms with Crippen LogP contribution in [0.15, 0.2) is 72.8 Å². The summed E-state index contributed by atoms with van der Waals surface area (Å²) in [6.45, 7) is 11.0. The van der Waals surface area contributed by atoms with Gasteiger partial charge in [0.2, 0.25) is 0 Å². The van der Waals surface area contributed by atoms with Crippen molar-refractivity contribution in [2.45, 2.75) is 52.7 Å². The van der Waals surface area contributed by atoms with Crippen molar-refractivity contribution < 1.29 is 14.8 Å². The maximum atomic E-state index is 10.6. The maximum absolute atomic E-state index is 10.6. The maximum Gasteiger partial charge on any atom is 0.491 e. The number of nitrogens with zero attached hydrogens (tertiary/aromatic N) is 1. The van der Waals surface area contributed by atoms with E-state index in [1.54, 1.807) is 27.7 Å². The van der Waals surface area contributed by atoms with Crippen LogP contribution in [0.25, 0.3) is 0 Å². The van der Waals surface area contributed by atoms with Gasteiger partial charge in [-0.15, -0.1) is 0 Å². The highest BCUT2D eigenvalue weighted by molar-refractivity contribution is 6.60. The monoisotopic (exact) mass is 417 g/mol. The smallest absolute Gasteiger partial charge is 0.423 e. The fourth-order valence-electron chi connectivity index (χ4n) is 3.11. The number of hydrogen-bond acceptors (Lipinski definition) is 4. The van der Waals surface area contributed by atoms with Crippen LogP contribution in [-0.4, -0.2) is 28.5 Å². The van der Waals surface area contributed by atoms with Crippen LogP contribution in [0.4, 0.5) is 17.1 Å². The highest BCUT2D eigenvalue weighted by Gasteiger charge is 2.39. The Kier molecular flexibility index (Phi) is 6.60. The van der Waals surface area contributed by atoms with Gasteiger partial charge < -0.3 is 19.7 Å². The van der Waals surface area contributed by atoms with Gasteiger partial charge in [0.05, 0.1) is 11.2 Å². The first-order valence-corrected chi connectivity index (χ1v) is 10.6. The number of aryl methyl sites for hydroxylation is 2. The van der Waals surface area contributed by atoms with Crippen molar-refractivity contribution in [1.82, 2.24) is 0 Å². The van der Waals surface area contributed by atoms with Gasteiger partial charge in [0.15, 0.2) is 0 Å². The second-order valence-corrected chi connectivity index (χ2v) is 9.14. The van der Waals surface area contributed by atoms with Crippen molar-refractivity contribution in [3.63, 3.8) is 0 Å². The van der Waals surface area contributed by atoms with Crippen molar-refractivity contribution in [1.29, 1.82) is 0 Å². The lowest BCUT2D eigenvalue weighted by atomic mass is 9.76. The van der Waals surface area contributed by atoms with E-state index in [0.717, 1.165) is 17.1 Å². The summed E-state index contributed by atoms with van der Waals surface area (Å²) in [4.78, 5) is 2.18. The topological polar surface area (TPSA) is 52.9 Å². The molecule has 31 heavy (non-hydrogen) atoms. The Hall–Kier alpha value is -2.60. The van der Waals surface area contributed by atoms with Gasteiger partial charge in [-0.25, -0.2) is 0 Å². The third kappa shape index (κ3) is 5.37. The molecule has 0 aliphatic carbocycles. The fraction of sp³-hybridized carbons (Fsp3) is 0.308. The molecule has 0 saturated heterocycles. The Labute approximate surface area is 186 Å². The second-order valence-electron chi connectivity index (χ2n) is 9.14. The average molecular weight is 417 g/mol. The van der Waals surface area contributed by atoms with Gasteiger partial charge >= 0.3 is 7.12 Å². The van der Waals surface area contributed by atoms with E-state index >= 15 is 0 Å². The van der Waals surface area contributed by atoms with E-state index < -0.39 is 18.3 Å². The predicted octanol–water partition coefficient (Wildman–Crippen LogP) is 5.03. The molecule has 0 heterocycles. The van der Waals surface area contributed by atoms with Crippen LogP contribution in [0.2, 0.25) is 0 Å². The molecular weight excluding hydrogens is 385 g/mol. The van der Waals surface area contributed by atoms with Crippen LogP contribution < -0.4 is 10.4 Å². The van der Waals surface area contributed by atoms with Crippen molar-refractivity contribution in [2.75, 3.05) is 4.90 Å². The number of hydrogen-bond donors (Lipinski definition) is 2. The lowest BCUT2D eigenvalue weighted by Crippen LogP contribution is -2.53. The Morgan fingerprint density at radius 3 is 1.39 bits per heavy atom. The minimum absolute atomic E-state index is 0.633. The molecule has 0 atom stereocenters. The summed E-state index contributed by atoms with van der Waals surface area (Å²) in [5.41, 5.74) is 4.13. The second kappa shape index (κ2) is 8.87. The largest absolute Gasteiger partial charge is 0.491 e. The summed E-state index contributed by atoms with van der Waals surface area (Å²) in [5.74, 6) is 0. The van der Waals surface area contributed by atoms with Gasteiger partial charge in [0.25, 0.3) is 0 Å². The normalized spacial score (nSPS) is 12.0. The molecule has 5 heteroatoms. The van der Waals surface area contributed by atoms with E-state index in [9.17, 15) is 10.1 Å². The van der Waals surface area contributed by atoms with E-state index in [-0.39, 0.29) is 0 Å². The molecule has 3 rings (SSSR count). The third-order valence-corrected chi connectivity index (χ3v) is 5.90. The average Bonchev–Trinajstić information content (AvgIpc) is 2.70. The van der Waals surface area contributed by atoms with Crippen LogP contribution in [0.1, 0.15) is 38.8 Å². The molecule has 0 aromatic heterocycles. The highest BCUT2D eigenvalue weighted by Crippen LogP contribution is 2.34. The van der Waals surface area contributed by atoms with Gasteiger partial charge in [-0.1, -0.05) is 47.5 Å². The van der Waals surface area contributed by atoms with Crippen molar-refractivity contribution in [3.8, 4) is 0 Å². The van der Waals surface area contributed by atoms with Crippen molar-refractivity contribution in [3.05, 3.63) is 83.9 Å². The summed E-state index contributed by atoms with van der Waals surface area (Å²) in [5, 5.41) is 20.9. The number of rotatable bonds is 7. The van der Waals surface area contributed by atoms with E-state index in [1.807, 2.05) is 24.3 Å². The van der Waals surface area contributed by atoms with Gasteiger partial charge in [-0.3, -0.25) is 0 Å². The number of aliphatic hydroxyl groups is 1. The Bertz CT molecular complexity index is 945. The lowest BCUT2D eigenvalue weighted by molar-refractivity contribution is -0.0982. The zero-order valence-electron chi connectivity index (χ0n) is 19.3. The molecule has 0 bridgehead atoms. The summed E-state index contributed by atoms with van der Waals surface area (Å²) >= 11 is 0. The van der Waals surface area contributed by atoms with Crippen LogP contribution in [-0.2, 0) is 4.65 Å². The highest BCUT2D eigenvalue weighted by atomic mass is 16.5. The van der Waals surface area contributed by atoms with Crippen LogP contribution in [0.5, 0.6) is 0 Å². The number of anilines is 3. The summed E-state index contributed by atoms with van der Waals surface area (Å²) in [6.07, 6.45) is 0. The zero-order valence-corrected chi connectivity index (χ0v) is 19.3. The van der Waals surface area contributed by atoms with E-state index in [4.69, 9.17) is 4.65 Å². The van der Waals surface area contributed by atoms with Crippen LogP contribution >= 0.6 is 0 Å². The van der Waals surface area contributed by atoms with Gasteiger partial charge in [-0.05, 0) is 83.4 Å². The molecule has 0 aliphatic rings. The summed E-state index contributed by atoms with van der Waals surface area (Å²) in [7, 11) is -1.14.